The largest absolute Gasteiger partial charge is 0.268 e. The Morgan fingerprint density at radius 2 is 2.40 bits per heavy atom. The van der Waals surface area contributed by atoms with Crippen LogP contribution in [-0.4, -0.2) is 9.78 Å². The van der Waals surface area contributed by atoms with Crippen molar-refractivity contribution in [1.82, 2.24) is 9.78 Å². The van der Waals surface area contributed by atoms with Crippen LogP contribution in [0.1, 0.15) is 19.3 Å². The highest BCUT2D eigenvalue weighted by atomic mass is 127. The van der Waals surface area contributed by atoms with Gasteiger partial charge in [0.25, 0.3) is 5.56 Å². The molecule has 4 nitrogen and oxygen atoms in total. The van der Waals surface area contributed by atoms with Crippen molar-refractivity contribution in [3.8, 4) is 6.07 Å². The number of nitriles is 1. The summed E-state index contributed by atoms with van der Waals surface area (Å²) in [6.07, 6.45) is 4.25. The summed E-state index contributed by atoms with van der Waals surface area (Å²) >= 11 is 2.06. The lowest BCUT2D eigenvalue weighted by molar-refractivity contribution is 0.391. The van der Waals surface area contributed by atoms with Crippen molar-refractivity contribution in [1.29, 1.82) is 5.26 Å². The summed E-state index contributed by atoms with van der Waals surface area (Å²) < 4.78 is 2.31. The molecule has 0 bridgehead atoms. The first-order valence-electron chi connectivity index (χ1n) is 4.75. The summed E-state index contributed by atoms with van der Waals surface area (Å²) in [7, 11) is 0. The van der Waals surface area contributed by atoms with Gasteiger partial charge >= 0.3 is 0 Å². The average molecular weight is 315 g/mol. The van der Waals surface area contributed by atoms with E-state index < -0.39 is 0 Å². The molecule has 0 amide bonds. The van der Waals surface area contributed by atoms with Crippen LogP contribution in [0, 0.1) is 20.3 Å². The van der Waals surface area contributed by atoms with Crippen molar-refractivity contribution < 1.29 is 0 Å². The highest BCUT2D eigenvalue weighted by Gasteiger charge is 2.43. The van der Waals surface area contributed by atoms with Gasteiger partial charge in [0.1, 0.15) is 0 Å². The maximum absolute atomic E-state index is 11.6. The predicted octanol–water partition coefficient (Wildman–Crippen LogP) is 1.54. The highest BCUT2D eigenvalue weighted by Crippen LogP contribution is 2.49. The van der Waals surface area contributed by atoms with E-state index in [4.69, 9.17) is 5.26 Å². The molecule has 5 heteroatoms. The van der Waals surface area contributed by atoms with Gasteiger partial charge in [0.2, 0.25) is 0 Å². The highest BCUT2D eigenvalue weighted by molar-refractivity contribution is 14.1. The van der Waals surface area contributed by atoms with E-state index in [0.29, 0.717) is 13.0 Å². The van der Waals surface area contributed by atoms with Crippen molar-refractivity contribution in [2.24, 2.45) is 5.41 Å². The Morgan fingerprint density at radius 3 is 2.93 bits per heavy atom. The van der Waals surface area contributed by atoms with Gasteiger partial charge in [0.15, 0.2) is 0 Å². The molecule has 0 aromatic carbocycles. The van der Waals surface area contributed by atoms with E-state index in [-0.39, 0.29) is 11.0 Å². The van der Waals surface area contributed by atoms with Gasteiger partial charge < -0.3 is 0 Å². The Balaban J connectivity index is 2.19. The zero-order chi connectivity index (χ0) is 10.9. The maximum atomic E-state index is 11.6. The van der Waals surface area contributed by atoms with Gasteiger partial charge in [-0.1, -0.05) is 0 Å². The van der Waals surface area contributed by atoms with Gasteiger partial charge in [0, 0.05) is 21.5 Å². The quantitative estimate of drug-likeness (QED) is 0.795. The summed E-state index contributed by atoms with van der Waals surface area (Å²) in [5.74, 6) is 0. The Hall–Kier alpha value is -0.900. The first-order valence-corrected chi connectivity index (χ1v) is 5.83. The first-order chi connectivity index (χ1) is 7.15. The number of hydrogen-bond donors (Lipinski definition) is 0. The van der Waals surface area contributed by atoms with Gasteiger partial charge in [-0.25, -0.2) is 4.68 Å². The fourth-order valence-electron chi connectivity index (χ4n) is 1.58. The minimum absolute atomic E-state index is 0.0262. The molecule has 1 aromatic heterocycles. The van der Waals surface area contributed by atoms with Gasteiger partial charge in [-0.15, -0.1) is 0 Å². The lowest BCUT2D eigenvalue weighted by atomic mass is 10.0. The third kappa shape index (κ3) is 2.37. The first kappa shape index (κ1) is 10.6. The number of halogens is 1. The number of rotatable bonds is 3. The second-order valence-corrected chi connectivity index (χ2v) is 5.25. The normalized spacial score (nSPS) is 17.1. The summed E-state index contributed by atoms with van der Waals surface area (Å²) in [5, 5.41) is 12.7. The van der Waals surface area contributed by atoms with Gasteiger partial charge in [0.05, 0.1) is 18.8 Å². The zero-order valence-corrected chi connectivity index (χ0v) is 10.3. The predicted molar refractivity (Wildman–Crippen MR) is 63.1 cm³/mol. The Morgan fingerprint density at radius 1 is 1.67 bits per heavy atom. The third-order valence-electron chi connectivity index (χ3n) is 2.73. The van der Waals surface area contributed by atoms with Crippen LogP contribution in [0.5, 0.6) is 0 Å². The molecule has 0 unspecified atom stereocenters. The Bertz CT molecular complexity index is 470. The molecule has 1 aliphatic rings. The number of aromatic nitrogens is 2. The van der Waals surface area contributed by atoms with E-state index >= 15 is 0 Å². The molecule has 15 heavy (non-hydrogen) atoms. The van der Waals surface area contributed by atoms with Crippen LogP contribution in [-0.2, 0) is 6.54 Å². The van der Waals surface area contributed by atoms with Crippen molar-refractivity contribution in [3.63, 3.8) is 0 Å². The van der Waals surface area contributed by atoms with Crippen molar-refractivity contribution in [2.45, 2.75) is 25.8 Å². The molecule has 0 radical (unpaired) electrons. The molecular formula is C10H10IN3O. The molecular weight excluding hydrogens is 305 g/mol. The fourth-order valence-corrected chi connectivity index (χ4v) is 1.97. The smallest absolute Gasteiger partial charge is 0.267 e. The minimum Gasteiger partial charge on any atom is -0.268 e. The molecule has 0 atom stereocenters. The molecule has 78 valence electrons. The third-order valence-corrected chi connectivity index (χ3v) is 3.32. The Kier molecular flexibility index (Phi) is 2.78. The second-order valence-electron chi connectivity index (χ2n) is 4.00. The number of nitrogens with zero attached hydrogens (tertiary/aromatic N) is 3. The number of hydrogen-bond acceptors (Lipinski definition) is 3. The van der Waals surface area contributed by atoms with Crippen molar-refractivity contribution >= 4 is 22.6 Å². The van der Waals surface area contributed by atoms with Crippen LogP contribution >= 0.6 is 22.6 Å². The molecule has 2 rings (SSSR count). The molecule has 1 saturated carbocycles. The summed E-state index contributed by atoms with van der Waals surface area (Å²) in [5.41, 5.74) is -0.0515. The zero-order valence-electron chi connectivity index (χ0n) is 8.11. The van der Waals surface area contributed by atoms with E-state index in [0.717, 1.165) is 16.4 Å². The van der Waals surface area contributed by atoms with Gasteiger partial charge in [-0.2, -0.15) is 10.4 Å². The molecule has 0 spiro atoms. The second kappa shape index (κ2) is 3.93. The summed E-state index contributed by atoms with van der Waals surface area (Å²) in [4.78, 5) is 11.6. The molecule has 1 fully saturated rings. The van der Waals surface area contributed by atoms with E-state index in [1.165, 1.54) is 4.68 Å². The van der Waals surface area contributed by atoms with Crippen LogP contribution < -0.4 is 5.56 Å². The molecule has 0 N–H and O–H groups in total. The average Bonchev–Trinajstić information content (AvgIpc) is 2.91. The maximum Gasteiger partial charge on any atom is 0.267 e. The topological polar surface area (TPSA) is 58.7 Å². The van der Waals surface area contributed by atoms with E-state index in [9.17, 15) is 4.79 Å². The molecule has 1 heterocycles. The molecule has 1 aromatic rings. The summed E-state index contributed by atoms with van der Waals surface area (Å²) in [6, 6.07) is 3.74. The van der Waals surface area contributed by atoms with Crippen LogP contribution in [0.3, 0.4) is 0 Å². The van der Waals surface area contributed by atoms with E-state index in [1.54, 1.807) is 12.3 Å². The Labute approximate surface area is 101 Å². The lowest BCUT2D eigenvalue weighted by Gasteiger charge is -2.11. The lowest BCUT2D eigenvalue weighted by Crippen LogP contribution is -2.26. The molecule has 0 saturated heterocycles. The minimum atomic E-state index is -0.0777. The fraction of sp³-hybridized carbons (Fsp3) is 0.500. The molecule has 1 aliphatic carbocycles. The van der Waals surface area contributed by atoms with Crippen molar-refractivity contribution in [3.05, 3.63) is 26.2 Å². The van der Waals surface area contributed by atoms with E-state index in [1.807, 2.05) is 0 Å². The van der Waals surface area contributed by atoms with Gasteiger partial charge in [-0.05, 0) is 35.4 Å². The molecule has 0 aliphatic heterocycles. The standard InChI is InChI=1S/C10H10IN3O/c11-8-5-9(15)14(13-6-8)7-10(1-2-10)3-4-12/h5-6H,1-3,7H2. The summed E-state index contributed by atoms with van der Waals surface area (Å²) in [6.45, 7) is 0.580. The van der Waals surface area contributed by atoms with Crippen LogP contribution in [0.15, 0.2) is 17.1 Å². The van der Waals surface area contributed by atoms with Crippen LogP contribution in [0.4, 0.5) is 0 Å². The monoisotopic (exact) mass is 315 g/mol. The van der Waals surface area contributed by atoms with Gasteiger partial charge in [-0.3, -0.25) is 4.79 Å². The van der Waals surface area contributed by atoms with Crippen molar-refractivity contribution in [2.75, 3.05) is 0 Å². The SMILES string of the molecule is N#CCC1(Cn2ncc(I)cc2=O)CC1. The van der Waals surface area contributed by atoms with E-state index in [2.05, 4.69) is 33.8 Å². The van der Waals surface area contributed by atoms with Crippen LogP contribution in [0.25, 0.3) is 0 Å². The van der Waals surface area contributed by atoms with Crippen LogP contribution in [0.2, 0.25) is 0 Å².